The molecule has 0 atom stereocenters. The van der Waals surface area contributed by atoms with Crippen molar-refractivity contribution in [3.05, 3.63) is 0 Å². The van der Waals surface area contributed by atoms with E-state index in [2.05, 4.69) is 13.8 Å². The highest BCUT2D eigenvalue weighted by Crippen LogP contribution is 2.29. The van der Waals surface area contributed by atoms with Gasteiger partial charge in [-0.25, -0.2) is 0 Å². The van der Waals surface area contributed by atoms with Crippen molar-refractivity contribution in [1.29, 1.82) is 0 Å². The maximum absolute atomic E-state index is 10.0. The zero-order valence-corrected chi connectivity index (χ0v) is 28.0. The first-order chi connectivity index (χ1) is 20.1. The highest BCUT2D eigenvalue weighted by molar-refractivity contribution is 7.99. The summed E-state index contributed by atoms with van der Waals surface area (Å²) in [5.74, 6) is 0.996. The van der Waals surface area contributed by atoms with Gasteiger partial charge >= 0.3 is 0 Å². The second-order valence-electron chi connectivity index (χ2n) is 12.6. The summed E-state index contributed by atoms with van der Waals surface area (Å²) < 4.78 is 11.8. The van der Waals surface area contributed by atoms with Crippen LogP contribution in [0.3, 0.4) is 0 Å². The molecule has 0 aliphatic heterocycles. The molecule has 0 aromatic heterocycles. The molecule has 41 heavy (non-hydrogen) atoms. The average Bonchev–Trinajstić information content (AvgIpc) is 3.00. The van der Waals surface area contributed by atoms with Crippen LogP contribution in [0.5, 0.6) is 0 Å². The first-order valence-corrected chi connectivity index (χ1v) is 18.4. The van der Waals surface area contributed by atoms with Gasteiger partial charge in [0.2, 0.25) is 0 Å². The monoisotopic (exact) mass is 606 g/mol. The van der Waals surface area contributed by atoms with Gasteiger partial charge in [-0.3, -0.25) is 0 Å². The zero-order valence-electron chi connectivity index (χ0n) is 27.2. The summed E-state index contributed by atoms with van der Waals surface area (Å²) >= 11 is 1.53. The number of aliphatic hydroxyl groups excluding tert-OH is 4. The fourth-order valence-corrected chi connectivity index (χ4v) is 6.49. The summed E-state index contributed by atoms with van der Waals surface area (Å²) in [4.78, 5) is 0. The van der Waals surface area contributed by atoms with E-state index in [1.54, 1.807) is 0 Å². The number of hydrogen-bond donors (Lipinski definition) is 4. The molecule has 0 unspecified atom stereocenters. The van der Waals surface area contributed by atoms with E-state index in [1.165, 1.54) is 114 Å². The van der Waals surface area contributed by atoms with Crippen LogP contribution < -0.4 is 0 Å². The lowest BCUT2D eigenvalue weighted by atomic mass is 9.93. The van der Waals surface area contributed by atoms with Crippen molar-refractivity contribution >= 4 is 11.8 Å². The lowest BCUT2D eigenvalue weighted by Crippen LogP contribution is -2.41. The summed E-state index contributed by atoms with van der Waals surface area (Å²) in [5, 5.41) is 40.2. The second kappa shape index (κ2) is 30.1. The largest absolute Gasteiger partial charge is 0.396 e. The summed E-state index contributed by atoms with van der Waals surface area (Å²) in [6.07, 6.45) is 25.5. The summed E-state index contributed by atoms with van der Waals surface area (Å²) in [5.41, 5.74) is -1.45. The molecule has 0 radical (unpaired) electrons. The van der Waals surface area contributed by atoms with Gasteiger partial charge in [0.25, 0.3) is 0 Å². The molecule has 0 saturated heterocycles. The molecule has 0 aliphatic carbocycles. The molecule has 0 aromatic rings. The molecule has 248 valence electrons. The SMILES string of the molecule is CCCCCCCCCCCCOCC(CO)(CO)CSCC(CO)(CO)COCCCCCCCCCCCC. The topological polar surface area (TPSA) is 99.4 Å². The molecule has 0 amide bonds. The van der Waals surface area contributed by atoms with Crippen LogP contribution in [0.1, 0.15) is 142 Å². The van der Waals surface area contributed by atoms with Crippen LogP contribution in [-0.2, 0) is 9.47 Å². The van der Waals surface area contributed by atoms with Crippen molar-refractivity contribution in [2.45, 2.75) is 142 Å². The van der Waals surface area contributed by atoms with E-state index in [9.17, 15) is 20.4 Å². The van der Waals surface area contributed by atoms with Crippen LogP contribution in [0.15, 0.2) is 0 Å². The Morgan fingerprint density at radius 3 is 0.951 bits per heavy atom. The fourth-order valence-electron chi connectivity index (χ4n) is 4.99. The Labute approximate surface area is 258 Å². The third kappa shape index (κ3) is 23.2. The van der Waals surface area contributed by atoms with Crippen molar-refractivity contribution in [3.8, 4) is 0 Å². The quantitative estimate of drug-likeness (QED) is 0.0562. The highest BCUT2D eigenvalue weighted by Gasteiger charge is 2.33. The van der Waals surface area contributed by atoms with Gasteiger partial charge in [-0.2, -0.15) is 11.8 Å². The van der Waals surface area contributed by atoms with Crippen LogP contribution in [-0.4, -0.2) is 84.8 Å². The molecule has 6 nitrogen and oxygen atoms in total. The van der Waals surface area contributed by atoms with E-state index in [0.29, 0.717) is 37.9 Å². The second-order valence-corrected chi connectivity index (χ2v) is 13.6. The van der Waals surface area contributed by atoms with Gasteiger partial charge in [0.1, 0.15) is 0 Å². The molecule has 0 fully saturated rings. The van der Waals surface area contributed by atoms with Gasteiger partial charge < -0.3 is 29.9 Å². The Bertz CT molecular complexity index is 469. The van der Waals surface area contributed by atoms with E-state index >= 15 is 0 Å². The molecule has 0 aromatic carbocycles. The number of rotatable bonds is 34. The van der Waals surface area contributed by atoms with Crippen molar-refractivity contribution in [2.75, 3.05) is 64.4 Å². The molecule has 7 heteroatoms. The van der Waals surface area contributed by atoms with Crippen LogP contribution in [0.4, 0.5) is 0 Å². The van der Waals surface area contributed by atoms with Crippen LogP contribution in [0.2, 0.25) is 0 Å². The summed E-state index contributed by atoms with van der Waals surface area (Å²) in [6.45, 7) is 5.79. The number of hydrogen-bond acceptors (Lipinski definition) is 7. The predicted octanol–water partition coefficient (Wildman–Crippen LogP) is 7.54. The minimum Gasteiger partial charge on any atom is -0.396 e. The minimum atomic E-state index is -0.726. The van der Waals surface area contributed by atoms with E-state index in [0.717, 1.165) is 25.7 Å². The van der Waals surface area contributed by atoms with Crippen molar-refractivity contribution < 1.29 is 29.9 Å². The maximum atomic E-state index is 10.0. The lowest BCUT2D eigenvalue weighted by Gasteiger charge is -2.33. The standard InChI is InChI=1S/C34H70O6S/c1-3-5-7-9-11-13-15-17-19-21-23-39-29-33(25-35,26-36)31-41-32-34(27-37,28-38)30-40-24-22-20-18-16-14-12-10-8-6-4-2/h35-38H,3-32H2,1-2H3. The highest BCUT2D eigenvalue weighted by atomic mass is 32.2. The average molecular weight is 607 g/mol. The Morgan fingerprint density at radius 2 is 0.683 bits per heavy atom. The third-order valence-electron chi connectivity index (χ3n) is 8.26. The van der Waals surface area contributed by atoms with Gasteiger partial charge in [0.05, 0.1) is 39.6 Å². The molecule has 0 heterocycles. The molecule has 0 saturated carbocycles. The first-order valence-electron chi connectivity index (χ1n) is 17.2. The van der Waals surface area contributed by atoms with Crippen LogP contribution in [0.25, 0.3) is 0 Å². The van der Waals surface area contributed by atoms with E-state index in [1.807, 2.05) is 0 Å². The number of thioether (sulfide) groups is 1. The Balaban J connectivity index is 4.08. The number of unbranched alkanes of at least 4 members (excludes halogenated alkanes) is 18. The summed E-state index contributed by atoms with van der Waals surface area (Å²) in [6, 6.07) is 0. The molecule has 0 spiro atoms. The lowest BCUT2D eigenvalue weighted by molar-refractivity contribution is -0.0171. The third-order valence-corrected chi connectivity index (χ3v) is 9.89. The Hall–Kier alpha value is 0.110. The van der Waals surface area contributed by atoms with Crippen molar-refractivity contribution in [2.24, 2.45) is 10.8 Å². The molecule has 0 rings (SSSR count). The van der Waals surface area contributed by atoms with Gasteiger partial charge in [-0.15, -0.1) is 0 Å². The maximum Gasteiger partial charge on any atom is 0.0574 e. The first kappa shape index (κ1) is 41.1. The smallest absolute Gasteiger partial charge is 0.0574 e. The molecule has 0 aliphatic rings. The van der Waals surface area contributed by atoms with Crippen LogP contribution in [0, 0.1) is 10.8 Å². The van der Waals surface area contributed by atoms with Crippen molar-refractivity contribution in [3.63, 3.8) is 0 Å². The molecule has 0 bridgehead atoms. The van der Waals surface area contributed by atoms with Crippen LogP contribution >= 0.6 is 11.8 Å². The fraction of sp³-hybridized carbons (Fsp3) is 1.00. The Morgan fingerprint density at radius 1 is 0.415 bits per heavy atom. The normalized spacial score (nSPS) is 12.4. The number of aliphatic hydroxyl groups is 4. The van der Waals surface area contributed by atoms with Crippen molar-refractivity contribution in [1.82, 2.24) is 0 Å². The van der Waals surface area contributed by atoms with Gasteiger partial charge in [-0.05, 0) is 12.8 Å². The molecule has 4 N–H and O–H groups in total. The Kier molecular flexibility index (Phi) is 30.2. The van der Waals surface area contributed by atoms with E-state index < -0.39 is 10.8 Å². The summed E-state index contributed by atoms with van der Waals surface area (Å²) in [7, 11) is 0. The van der Waals surface area contributed by atoms with Gasteiger partial charge in [0.15, 0.2) is 0 Å². The van der Waals surface area contributed by atoms with Gasteiger partial charge in [0, 0.05) is 35.5 Å². The van der Waals surface area contributed by atoms with E-state index in [4.69, 9.17) is 9.47 Å². The minimum absolute atomic E-state index is 0.158. The molecular formula is C34H70O6S. The number of ether oxygens (including phenoxy) is 2. The van der Waals surface area contributed by atoms with E-state index in [-0.39, 0.29) is 26.4 Å². The molecular weight excluding hydrogens is 536 g/mol. The zero-order chi connectivity index (χ0) is 30.3. The van der Waals surface area contributed by atoms with Gasteiger partial charge in [-0.1, -0.05) is 129 Å². The predicted molar refractivity (Wildman–Crippen MR) is 176 cm³/mol.